The summed E-state index contributed by atoms with van der Waals surface area (Å²) in [5.74, 6) is 0.509. The van der Waals surface area contributed by atoms with Gasteiger partial charge in [-0.2, -0.15) is 4.31 Å². The summed E-state index contributed by atoms with van der Waals surface area (Å²) >= 11 is 0. The van der Waals surface area contributed by atoms with Crippen molar-refractivity contribution in [3.63, 3.8) is 0 Å². The number of hydrogen-bond acceptors (Lipinski definition) is 4. The van der Waals surface area contributed by atoms with Crippen LogP contribution in [0.25, 0.3) is 0 Å². The molecule has 0 spiro atoms. The third kappa shape index (κ3) is 4.97. The first-order chi connectivity index (χ1) is 13.6. The topological polar surface area (TPSA) is 66.9 Å². The van der Waals surface area contributed by atoms with Gasteiger partial charge in [-0.25, -0.2) is 8.42 Å². The van der Waals surface area contributed by atoms with Crippen LogP contribution in [-0.4, -0.2) is 50.3 Å². The van der Waals surface area contributed by atoms with Gasteiger partial charge in [0.2, 0.25) is 10.0 Å². The first-order valence-corrected chi connectivity index (χ1v) is 11.1. The highest BCUT2D eigenvalue weighted by Gasteiger charge is 2.26. The van der Waals surface area contributed by atoms with E-state index >= 15 is 0 Å². The summed E-state index contributed by atoms with van der Waals surface area (Å²) in [6.45, 7) is 7.95. The van der Waals surface area contributed by atoms with Crippen LogP contribution in [0.2, 0.25) is 0 Å². The van der Waals surface area contributed by atoms with Gasteiger partial charge in [0, 0.05) is 25.2 Å². The summed E-state index contributed by atoms with van der Waals surface area (Å²) in [5.41, 5.74) is 1.29. The lowest BCUT2D eigenvalue weighted by atomic mass is 10.1. The Labute approximate surface area is 174 Å². The lowest BCUT2D eigenvalue weighted by Gasteiger charge is -2.29. The fourth-order valence-electron chi connectivity index (χ4n) is 3.07. The van der Waals surface area contributed by atoms with Crippen LogP contribution < -0.4 is 4.74 Å². The molecule has 158 valence electrons. The minimum absolute atomic E-state index is 0.115. The van der Waals surface area contributed by atoms with E-state index in [9.17, 15) is 13.2 Å². The molecule has 0 aliphatic heterocycles. The third-order valence-electron chi connectivity index (χ3n) is 5.13. The second-order valence-corrected chi connectivity index (χ2v) is 9.18. The van der Waals surface area contributed by atoms with Crippen molar-refractivity contribution in [3.05, 3.63) is 59.7 Å². The van der Waals surface area contributed by atoms with E-state index in [-0.39, 0.29) is 22.9 Å². The zero-order valence-corrected chi connectivity index (χ0v) is 18.7. The van der Waals surface area contributed by atoms with E-state index in [0.717, 1.165) is 11.3 Å². The smallest absolute Gasteiger partial charge is 0.254 e. The Morgan fingerprint density at radius 3 is 2.31 bits per heavy atom. The first-order valence-electron chi connectivity index (χ1n) is 9.66. The van der Waals surface area contributed by atoms with Gasteiger partial charge in [0.05, 0.1) is 18.0 Å². The van der Waals surface area contributed by atoms with Crippen LogP contribution in [0.4, 0.5) is 0 Å². The standard InChI is InChI=1S/C22H30N2O4S/c1-7-24(17(4)18-10-8-12-20(14-18)28-6)22(25)19-11-9-13-21(15-19)29(26,27)23(5)16(2)3/h8-17H,7H2,1-6H3. The number of amides is 1. The molecule has 1 amide bonds. The molecule has 0 saturated carbocycles. The normalized spacial score (nSPS) is 12.8. The van der Waals surface area contributed by atoms with Crippen molar-refractivity contribution in [2.24, 2.45) is 0 Å². The Morgan fingerprint density at radius 2 is 1.72 bits per heavy atom. The molecule has 2 aromatic rings. The largest absolute Gasteiger partial charge is 0.497 e. The van der Waals surface area contributed by atoms with E-state index in [1.165, 1.54) is 23.5 Å². The average molecular weight is 419 g/mol. The van der Waals surface area contributed by atoms with E-state index in [1.54, 1.807) is 38.0 Å². The Morgan fingerprint density at radius 1 is 1.07 bits per heavy atom. The molecule has 2 aromatic carbocycles. The van der Waals surface area contributed by atoms with Gasteiger partial charge in [-0.15, -0.1) is 0 Å². The lowest BCUT2D eigenvalue weighted by Crippen LogP contribution is -2.34. The van der Waals surface area contributed by atoms with E-state index < -0.39 is 10.0 Å². The maximum atomic E-state index is 13.2. The SMILES string of the molecule is CCN(C(=O)c1cccc(S(=O)(=O)N(C)C(C)C)c1)C(C)c1cccc(OC)c1. The second kappa shape index (κ2) is 9.41. The summed E-state index contributed by atoms with van der Waals surface area (Å²) in [5, 5.41) is 0. The minimum Gasteiger partial charge on any atom is -0.497 e. The van der Waals surface area contributed by atoms with Gasteiger partial charge in [0.15, 0.2) is 0 Å². The van der Waals surface area contributed by atoms with Gasteiger partial charge in [0.1, 0.15) is 5.75 Å². The summed E-state index contributed by atoms with van der Waals surface area (Å²) in [6, 6.07) is 13.5. The maximum Gasteiger partial charge on any atom is 0.254 e. The van der Waals surface area contributed by atoms with Crippen LogP contribution in [-0.2, 0) is 10.0 Å². The minimum atomic E-state index is -3.66. The number of nitrogens with zero attached hydrogens (tertiary/aromatic N) is 2. The van der Waals surface area contributed by atoms with Gasteiger partial charge in [-0.1, -0.05) is 18.2 Å². The molecule has 7 heteroatoms. The molecule has 0 fully saturated rings. The van der Waals surface area contributed by atoms with Crippen LogP contribution in [0.15, 0.2) is 53.4 Å². The van der Waals surface area contributed by atoms with Crippen molar-refractivity contribution < 1.29 is 17.9 Å². The van der Waals surface area contributed by atoms with Crippen LogP contribution in [0.5, 0.6) is 5.75 Å². The average Bonchev–Trinajstić information content (AvgIpc) is 2.73. The van der Waals surface area contributed by atoms with Crippen LogP contribution in [0, 0.1) is 0 Å². The van der Waals surface area contributed by atoms with Crippen LogP contribution >= 0.6 is 0 Å². The van der Waals surface area contributed by atoms with Crippen LogP contribution in [0.1, 0.15) is 49.7 Å². The molecule has 0 aliphatic rings. The molecular formula is C22H30N2O4S. The number of ether oxygens (including phenoxy) is 1. The Hall–Kier alpha value is -2.38. The molecule has 1 atom stereocenters. The molecule has 0 bridgehead atoms. The molecule has 0 saturated heterocycles. The Balaban J connectivity index is 2.37. The highest BCUT2D eigenvalue weighted by atomic mass is 32.2. The number of rotatable bonds is 8. The van der Waals surface area contributed by atoms with Crippen LogP contribution in [0.3, 0.4) is 0 Å². The monoisotopic (exact) mass is 418 g/mol. The van der Waals surface area contributed by atoms with E-state index in [4.69, 9.17) is 4.74 Å². The van der Waals surface area contributed by atoms with Gasteiger partial charge in [0.25, 0.3) is 5.91 Å². The molecule has 0 N–H and O–H groups in total. The van der Waals surface area contributed by atoms with Gasteiger partial charge in [-0.05, 0) is 63.6 Å². The summed E-state index contributed by atoms with van der Waals surface area (Å²) < 4.78 is 32.2. The molecule has 0 aromatic heterocycles. The maximum absolute atomic E-state index is 13.2. The number of sulfonamides is 1. The molecule has 1 unspecified atom stereocenters. The van der Waals surface area contributed by atoms with Crippen molar-refractivity contribution in [3.8, 4) is 5.75 Å². The fraction of sp³-hybridized carbons (Fsp3) is 0.409. The quantitative estimate of drug-likeness (QED) is 0.651. The molecule has 0 radical (unpaired) electrons. The molecule has 0 heterocycles. The van der Waals surface area contributed by atoms with Gasteiger partial charge in [-0.3, -0.25) is 4.79 Å². The van der Waals surface area contributed by atoms with Crippen molar-refractivity contribution in [1.29, 1.82) is 0 Å². The third-order valence-corrected chi connectivity index (χ3v) is 7.16. The fourth-order valence-corrected chi connectivity index (χ4v) is 4.49. The molecule has 0 aliphatic carbocycles. The van der Waals surface area contributed by atoms with Gasteiger partial charge >= 0.3 is 0 Å². The zero-order valence-electron chi connectivity index (χ0n) is 17.9. The first kappa shape index (κ1) is 22.9. The Bertz CT molecular complexity index is 957. The predicted octanol–water partition coefficient (Wildman–Crippen LogP) is 3.95. The van der Waals surface area contributed by atoms with E-state index in [2.05, 4.69) is 0 Å². The molecule has 29 heavy (non-hydrogen) atoms. The highest BCUT2D eigenvalue weighted by Crippen LogP contribution is 2.26. The molecule has 6 nitrogen and oxygen atoms in total. The summed E-state index contributed by atoms with van der Waals surface area (Å²) in [6.07, 6.45) is 0. The Kier molecular flexibility index (Phi) is 7.43. The lowest BCUT2D eigenvalue weighted by molar-refractivity contribution is 0.0702. The number of methoxy groups -OCH3 is 1. The van der Waals surface area contributed by atoms with E-state index in [0.29, 0.717) is 12.1 Å². The van der Waals surface area contributed by atoms with Gasteiger partial charge < -0.3 is 9.64 Å². The van der Waals surface area contributed by atoms with Crippen molar-refractivity contribution in [2.45, 2.75) is 44.7 Å². The van der Waals surface area contributed by atoms with E-state index in [1.807, 2.05) is 38.1 Å². The highest BCUT2D eigenvalue weighted by molar-refractivity contribution is 7.89. The zero-order chi connectivity index (χ0) is 21.8. The summed E-state index contributed by atoms with van der Waals surface area (Å²) in [4.78, 5) is 15.0. The second-order valence-electron chi connectivity index (χ2n) is 7.19. The van der Waals surface area contributed by atoms with Crippen molar-refractivity contribution in [2.75, 3.05) is 20.7 Å². The molecule has 2 rings (SSSR count). The number of hydrogen-bond donors (Lipinski definition) is 0. The van der Waals surface area contributed by atoms with Crippen molar-refractivity contribution >= 4 is 15.9 Å². The van der Waals surface area contributed by atoms with Crippen molar-refractivity contribution in [1.82, 2.24) is 9.21 Å². The number of carbonyl (C=O) groups excluding carboxylic acids is 1. The molecular weight excluding hydrogens is 388 g/mol. The predicted molar refractivity (Wildman–Crippen MR) is 115 cm³/mol. The number of carbonyl (C=O) groups is 1. The number of benzene rings is 2. The summed E-state index contributed by atoms with van der Waals surface area (Å²) in [7, 11) is -0.519.